The molecule has 1 aliphatic carbocycles. The molecule has 1 aromatic carbocycles. The highest BCUT2D eigenvalue weighted by Gasteiger charge is 2.63. The second-order valence-corrected chi connectivity index (χ2v) is 8.98. The Hall–Kier alpha value is -2.36. The molecule has 1 aromatic heterocycles. The lowest BCUT2D eigenvalue weighted by Crippen LogP contribution is -2.61. The third-order valence-electron chi connectivity index (χ3n) is 7.49. The van der Waals surface area contributed by atoms with Crippen LogP contribution in [0.3, 0.4) is 0 Å². The number of hydrogen-bond acceptors (Lipinski definition) is 3. The molecule has 4 rings (SSSR count). The zero-order valence-corrected chi connectivity index (χ0v) is 17.7. The van der Waals surface area contributed by atoms with Crippen LogP contribution in [0, 0.1) is 5.41 Å². The third kappa shape index (κ3) is 2.81. The molecule has 0 amide bonds. The number of aromatic nitrogens is 1. The molecule has 4 nitrogen and oxygen atoms in total. The second-order valence-electron chi connectivity index (χ2n) is 8.98. The number of para-hydroxylation sites is 1. The summed E-state index contributed by atoms with van der Waals surface area (Å²) in [5, 5.41) is 0. The largest absolute Gasteiger partial charge is 0.496 e. The van der Waals surface area contributed by atoms with Crippen LogP contribution in [0.25, 0.3) is 0 Å². The van der Waals surface area contributed by atoms with E-state index < -0.39 is 0 Å². The summed E-state index contributed by atoms with van der Waals surface area (Å²) in [6.45, 7) is 10.4. The number of nitrogens with zero attached hydrogens (tertiary/aromatic N) is 3. The first-order valence-corrected chi connectivity index (χ1v) is 10.3. The minimum absolute atomic E-state index is 0.124. The summed E-state index contributed by atoms with van der Waals surface area (Å²) >= 11 is 0. The van der Waals surface area contributed by atoms with Crippen LogP contribution in [-0.2, 0) is 6.54 Å². The van der Waals surface area contributed by atoms with Gasteiger partial charge in [0.1, 0.15) is 29.9 Å². The van der Waals surface area contributed by atoms with Gasteiger partial charge in [0.05, 0.1) is 12.8 Å². The van der Waals surface area contributed by atoms with Gasteiger partial charge in [-0.1, -0.05) is 38.1 Å². The molecule has 0 saturated heterocycles. The average molecular weight is 379 g/mol. The zero-order chi connectivity index (χ0) is 19.9. The van der Waals surface area contributed by atoms with Crippen molar-refractivity contribution in [2.45, 2.75) is 64.7 Å². The van der Waals surface area contributed by atoms with Crippen LogP contribution in [0.1, 0.15) is 57.8 Å². The molecule has 1 aliphatic heterocycles. The normalized spacial score (nSPS) is 26.7. The summed E-state index contributed by atoms with van der Waals surface area (Å²) in [6.07, 6.45) is 6.67. The summed E-state index contributed by atoms with van der Waals surface area (Å²) in [6, 6.07) is 15.3. The SMILES string of the molecule is COc1ccccc1CN1C=[N+]([C@@H](C)c2ccccn2)[C@H]2CC[C@]1(C)C2(C)C. The molecule has 2 aromatic rings. The molecule has 2 aliphatic rings. The molecule has 0 N–H and O–H groups in total. The molecule has 0 radical (unpaired) electrons. The Morgan fingerprint density at radius 1 is 1.18 bits per heavy atom. The maximum absolute atomic E-state index is 5.63. The van der Waals surface area contributed by atoms with E-state index in [2.05, 4.69) is 78.8 Å². The van der Waals surface area contributed by atoms with Gasteiger partial charge in [-0.3, -0.25) is 14.5 Å². The van der Waals surface area contributed by atoms with Crippen molar-refractivity contribution in [2.24, 2.45) is 5.41 Å². The van der Waals surface area contributed by atoms with Gasteiger partial charge in [0.25, 0.3) is 0 Å². The highest BCUT2D eigenvalue weighted by Crippen LogP contribution is 2.54. The van der Waals surface area contributed by atoms with Gasteiger partial charge in [0, 0.05) is 17.2 Å². The van der Waals surface area contributed by atoms with Crippen molar-refractivity contribution in [3.8, 4) is 5.75 Å². The van der Waals surface area contributed by atoms with Gasteiger partial charge in [-0.2, -0.15) is 0 Å². The van der Waals surface area contributed by atoms with Crippen molar-refractivity contribution < 1.29 is 9.31 Å². The lowest BCUT2D eigenvalue weighted by atomic mass is 9.71. The first-order valence-electron chi connectivity index (χ1n) is 10.3. The zero-order valence-electron chi connectivity index (χ0n) is 17.7. The van der Waals surface area contributed by atoms with E-state index in [1.165, 1.54) is 18.4 Å². The van der Waals surface area contributed by atoms with Crippen molar-refractivity contribution in [2.75, 3.05) is 7.11 Å². The molecule has 2 heterocycles. The average Bonchev–Trinajstić information content (AvgIpc) is 2.85. The fourth-order valence-electron chi connectivity index (χ4n) is 5.24. The quantitative estimate of drug-likeness (QED) is 0.709. The molecule has 28 heavy (non-hydrogen) atoms. The van der Waals surface area contributed by atoms with Crippen LogP contribution in [0.5, 0.6) is 5.75 Å². The lowest BCUT2D eigenvalue weighted by molar-refractivity contribution is -0.624. The molecule has 1 fully saturated rings. The summed E-state index contributed by atoms with van der Waals surface area (Å²) in [5.41, 5.74) is 2.66. The number of methoxy groups -OCH3 is 1. The number of pyridine rings is 1. The molecule has 1 saturated carbocycles. The van der Waals surface area contributed by atoms with Crippen molar-refractivity contribution in [3.63, 3.8) is 0 Å². The van der Waals surface area contributed by atoms with E-state index in [4.69, 9.17) is 4.74 Å². The van der Waals surface area contributed by atoms with Crippen LogP contribution in [0.15, 0.2) is 48.7 Å². The summed E-state index contributed by atoms with van der Waals surface area (Å²) in [5.74, 6) is 0.960. The van der Waals surface area contributed by atoms with Gasteiger partial charge in [-0.25, -0.2) is 0 Å². The van der Waals surface area contributed by atoms with Crippen LogP contribution in [-0.4, -0.2) is 39.5 Å². The van der Waals surface area contributed by atoms with Gasteiger partial charge in [0.15, 0.2) is 0 Å². The highest BCUT2D eigenvalue weighted by atomic mass is 16.5. The first-order chi connectivity index (χ1) is 13.4. The fraction of sp³-hybridized carbons (Fsp3) is 0.500. The van der Waals surface area contributed by atoms with Gasteiger partial charge in [-0.15, -0.1) is 0 Å². The lowest BCUT2D eigenvalue weighted by Gasteiger charge is -2.48. The van der Waals surface area contributed by atoms with Crippen molar-refractivity contribution in [1.82, 2.24) is 9.88 Å². The predicted octanol–water partition coefficient (Wildman–Crippen LogP) is 4.66. The third-order valence-corrected chi connectivity index (χ3v) is 7.49. The smallest absolute Gasteiger partial charge is 0.235 e. The number of hydrogen-bond donors (Lipinski definition) is 0. The molecule has 4 heteroatoms. The number of benzene rings is 1. The molecule has 0 spiro atoms. The van der Waals surface area contributed by atoms with E-state index in [1.54, 1.807) is 7.11 Å². The van der Waals surface area contributed by atoms with E-state index in [9.17, 15) is 0 Å². The Kier molecular flexibility index (Phi) is 4.68. The van der Waals surface area contributed by atoms with Gasteiger partial charge < -0.3 is 4.74 Å². The predicted molar refractivity (Wildman–Crippen MR) is 113 cm³/mol. The minimum atomic E-state index is 0.124. The maximum Gasteiger partial charge on any atom is 0.235 e. The van der Waals surface area contributed by atoms with Crippen LogP contribution in [0.4, 0.5) is 0 Å². The van der Waals surface area contributed by atoms with Crippen molar-refractivity contribution in [1.29, 1.82) is 0 Å². The summed E-state index contributed by atoms with van der Waals surface area (Å²) in [4.78, 5) is 7.19. The Bertz CT molecular complexity index is 876. The Labute approximate surface area is 168 Å². The molecule has 148 valence electrons. The monoisotopic (exact) mass is 378 g/mol. The van der Waals surface area contributed by atoms with E-state index in [0.29, 0.717) is 6.04 Å². The van der Waals surface area contributed by atoms with E-state index in [1.807, 2.05) is 18.3 Å². The minimum Gasteiger partial charge on any atom is -0.496 e. The van der Waals surface area contributed by atoms with Crippen LogP contribution in [0.2, 0.25) is 0 Å². The Balaban J connectivity index is 1.76. The Morgan fingerprint density at radius 2 is 1.93 bits per heavy atom. The molecular formula is C24H32N3O+. The van der Waals surface area contributed by atoms with Crippen LogP contribution >= 0.6 is 0 Å². The van der Waals surface area contributed by atoms with Crippen molar-refractivity contribution in [3.05, 3.63) is 59.9 Å². The van der Waals surface area contributed by atoms with E-state index in [-0.39, 0.29) is 17.0 Å². The summed E-state index contributed by atoms with van der Waals surface area (Å²) < 4.78 is 8.18. The first kappa shape index (κ1) is 19.0. The summed E-state index contributed by atoms with van der Waals surface area (Å²) in [7, 11) is 1.76. The molecule has 2 bridgehead atoms. The molecular weight excluding hydrogens is 346 g/mol. The molecule has 0 unspecified atom stereocenters. The highest BCUT2D eigenvalue weighted by molar-refractivity contribution is 5.55. The van der Waals surface area contributed by atoms with Crippen LogP contribution < -0.4 is 4.74 Å². The van der Waals surface area contributed by atoms with Gasteiger partial charge >= 0.3 is 0 Å². The number of rotatable bonds is 5. The maximum atomic E-state index is 5.63. The van der Waals surface area contributed by atoms with E-state index >= 15 is 0 Å². The van der Waals surface area contributed by atoms with Gasteiger partial charge in [-0.05, 0) is 44.9 Å². The topological polar surface area (TPSA) is 28.4 Å². The second kappa shape index (κ2) is 6.91. The Morgan fingerprint density at radius 3 is 2.64 bits per heavy atom. The fourth-order valence-corrected chi connectivity index (χ4v) is 5.24. The van der Waals surface area contributed by atoms with Gasteiger partial charge in [0.2, 0.25) is 6.34 Å². The molecule has 3 atom stereocenters. The van der Waals surface area contributed by atoms with Crippen molar-refractivity contribution >= 4 is 6.34 Å². The van der Waals surface area contributed by atoms with E-state index in [0.717, 1.165) is 18.0 Å². The standard InChI is InChI=1S/C24H32N3O/c1-18(20-11-8-9-15-25-20)27-17-26(16-19-10-6-7-12-21(19)28-5)24(4)14-13-22(27)23(24,2)3/h6-12,15,17-18,22H,13-14,16H2,1-5H3/q+1/t18-,22-,24+/m0/s1. The number of ether oxygens (including phenoxy) is 1. The number of fused-ring (bicyclic) bond motifs is 2.